The van der Waals surface area contributed by atoms with Crippen molar-refractivity contribution < 1.29 is 9.53 Å². The zero-order valence-corrected chi connectivity index (χ0v) is 16.6. The number of thiocarbonyl (C=S) groups is 1. The zero-order valence-electron chi connectivity index (χ0n) is 15.8. The molecule has 0 aliphatic carbocycles. The Morgan fingerprint density at radius 1 is 1.12 bits per heavy atom. The number of para-hydroxylation sites is 1. The molecule has 0 bridgehead atoms. The number of carbonyl (C=O) groups excluding carboxylic acids is 1. The van der Waals surface area contributed by atoms with Gasteiger partial charge in [-0.05, 0) is 73.8 Å². The summed E-state index contributed by atoms with van der Waals surface area (Å²) in [6.45, 7) is 8.89. The van der Waals surface area contributed by atoms with Gasteiger partial charge in [-0.25, -0.2) is 0 Å². The standard InChI is InChI=1S/C21H26N2O2S/c1-14(2)9-10-25-19-8-6-5-7-18(19)20(24)23-21(26)22-17-12-15(3)11-16(4)13-17/h5-8,11-14H,9-10H2,1-4H3,(H2,22,23,24,26). The summed E-state index contributed by atoms with van der Waals surface area (Å²) in [7, 11) is 0. The first-order chi connectivity index (χ1) is 12.3. The fourth-order valence-corrected chi connectivity index (χ4v) is 2.77. The first-order valence-corrected chi connectivity index (χ1v) is 9.18. The van der Waals surface area contributed by atoms with Gasteiger partial charge in [0.25, 0.3) is 5.91 Å². The second-order valence-corrected chi connectivity index (χ2v) is 7.22. The molecule has 0 atom stereocenters. The minimum absolute atomic E-state index is 0.261. The summed E-state index contributed by atoms with van der Waals surface area (Å²) >= 11 is 5.28. The third-order valence-electron chi connectivity index (χ3n) is 3.79. The lowest BCUT2D eigenvalue weighted by atomic mass is 10.1. The smallest absolute Gasteiger partial charge is 0.261 e. The third-order valence-corrected chi connectivity index (χ3v) is 4.00. The average molecular weight is 371 g/mol. The van der Waals surface area contributed by atoms with Crippen LogP contribution in [0.5, 0.6) is 5.75 Å². The summed E-state index contributed by atoms with van der Waals surface area (Å²) < 4.78 is 5.78. The van der Waals surface area contributed by atoms with E-state index in [0.717, 1.165) is 23.2 Å². The zero-order chi connectivity index (χ0) is 19.1. The number of amides is 1. The number of hydrogen-bond acceptors (Lipinski definition) is 3. The number of anilines is 1. The number of hydrogen-bond donors (Lipinski definition) is 2. The van der Waals surface area contributed by atoms with Crippen LogP contribution in [0.15, 0.2) is 42.5 Å². The van der Waals surface area contributed by atoms with Crippen molar-refractivity contribution in [1.82, 2.24) is 5.32 Å². The van der Waals surface area contributed by atoms with E-state index in [1.165, 1.54) is 0 Å². The van der Waals surface area contributed by atoms with E-state index < -0.39 is 0 Å². The fourth-order valence-electron chi connectivity index (χ4n) is 2.56. The summed E-state index contributed by atoms with van der Waals surface area (Å²) in [6, 6.07) is 13.2. The minimum atomic E-state index is -0.285. The molecule has 0 spiro atoms. The van der Waals surface area contributed by atoms with E-state index in [0.29, 0.717) is 23.8 Å². The van der Waals surface area contributed by atoms with Crippen LogP contribution in [0.4, 0.5) is 5.69 Å². The van der Waals surface area contributed by atoms with Crippen LogP contribution >= 0.6 is 12.2 Å². The number of rotatable bonds is 6. The Labute approximate surface area is 161 Å². The molecule has 0 saturated carbocycles. The highest BCUT2D eigenvalue weighted by Crippen LogP contribution is 2.19. The van der Waals surface area contributed by atoms with Gasteiger partial charge in [-0.3, -0.25) is 10.1 Å². The van der Waals surface area contributed by atoms with Gasteiger partial charge < -0.3 is 10.1 Å². The van der Waals surface area contributed by atoms with E-state index in [1.54, 1.807) is 12.1 Å². The largest absolute Gasteiger partial charge is 0.493 e. The molecule has 138 valence electrons. The van der Waals surface area contributed by atoms with Crippen LogP contribution in [0.25, 0.3) is 0 Å². The van der Waals surface area contributed by atoms with Crippen LogP contribution in [-0.2, 0) is 0 Å². The maximum atomic E-state index is 12.6. The quantitative estimate of drug-likeness (QED) is 0.713. The Morgan fingerprint density at radius 2 is 1.77 bits per heavy atom. The van der Waals surface area contributed by atoms with Crippen molar-refractivity contribution in [2.75, 3.05) is 11.9 Å². The first kappa shape index (κ1) is 19.9. The summed E-state index contributed by atoms with van der Waals surface area (Å²) in [4.78, 5) is 12.6. The van der Waals surface area contributed by atoms with E-state index in [1.807, 2.05) is 38.1 Å². The van der Waals surface area contributed by atoms with Crippen molar-refractivity contribution in [3.05, 3.63) is 59.2 Å². The lowest BCUT2D eigenvalue weighted by molar-refractivity contribution is 0.0973. The van der Waals surface area contributed by atoms with Gasteiger partial charge in [-0.2, -0.15) is 0 Å². The highest BCUT2D eigenvalue weighted by molar-refractivity contribution is 7.80. The minimum Gasteiger partial charge on any atom is -0.493 e. The second-order valence-electron chi connectivity index (χ2n) is 6.81. The number of aryl methyl sites for hydroxylation is 2. The number of carbonyl (C=O) groups is 1. The Bertz CT molecular complexity index is 767. The molecule has 0 unspecified atom stereocenters. The molecule has 0 saturated heterocycles. The molecule has 4 nitrogen and oxygen atoms in total. The molecule has 0 radical (unpaired) electrons. The molecule has 26 heavy (non-hydrogen) atoms. The van der Waals surface area contributed by atoms with Crippen LogP contribution < -0.4 is 15.4 Å². The van der Waals surface area contributed by atoms with E-state index in [9.17, 15) is 4.79 Å². The SMILES string of the molecule is Cc1cc(C)cc(NC(=S)NC(=O)c2ccccc2OCCC(C)C)c1. The molecule has 2 rings (SSSR count). The Balaban J connectivity index is 2.01. The van der Waals surface area contributed by atoms with Gasteiger partial charge in [-0.15, -0.1) is 0 Å². The van der Waals surface area contributed by atoms with Gasteiger partial charge in [0.15, 0.2) is 5.11 Å². The molecule has 0 aliphatic heterocycles. The maximum absolute atomic E-state index is 12.6. The third kappa shape index (κ3) is 6.15. The molecule has 0 aliphatic rings. The summed E-state index contributed by atoms with van der Waals surface area (Å²) in [5, 5.41) is 6.05. The number of ether oxygens (including phenoxy) is 1. The topological polar surface area (TPSA) is 50.4 Å². The lowest BCUT2D eigenvalue weighted by Crippen LogP contribution is -2.34. The van der Waals surface area contributed by atoms with Crippen LogP contribution in [-0.4, -0.2) is 17.6 Å². The lowest BCUT2D eigenvalue weighted by Gasteiger charge is -2.14. The van der Waals surface area contributed by atoms with Crippen molar-refractivity contribution in [2.24, 2.45) is 5.92 Å². The van der Waals surface area contributed by atoms with Crippen LogP contribution in [0.1, 0.15) is 41.8 Å². The van der Waals surface area contributed by atoms with Gasteiger partial charge in [0.1, 0.15) is 5.75 Å². The van der Waals surface area contributed by atoms with Crippen molar-refractivity contribution in [2.45, 2.75) is 34.1 Å². The molecule has 0 heterocycles. The van der Waals surface area contributed by atoms with Crippen molar-refractivity contribution in [1.29, 1.82) is 0 Å². The van der Waals surface area contributed by atoms with E-state index in [4.69, 9.17) is 17.0 Å². The Hall–Kier alpha value is -2.40. The molecule has 2 aromatic rings. The van der Waals surface area contributed by atoms with Crippen molar-refractivity contribution in [3.8, 4) is 5.75 Å². The van der Waals surface area contributed by atoms with Gasteiger partial charge in [0, 0.05) is 5.69 Å². The molecule has 5 heteroatoms. The van der Waals surface area contributed by atoms with Crippen LogP contribution in [0, 0.1) is 19.8 Å². The normalized spacial score (nSPS) is 10.5. The maximum Gasteiger partial charge on any atom is 0.261 e. The molecule has 2 aromatic carbocycles. The molecule has 0 aromatic heterocycles. The van der Waals surface area contributed by atoms with Gasteiger partial charge in [0.2, 0.25) is 0 Å². The highest BCUT2D eigenvalue weighted by Gasteiger charge is 2.14. The molecular formula is C21H26N2O2S. The predicted octanol–water partition coefficient (Wildman–Crippen LogP) is 4.86. The first-order valence-electron chi connectivity index (χ1n) is 8.77. The molecule has 0 fully saturated rings. The van der Waals surface area contributed by atoms with Gasteiger partial charge in [-0.1, -0.05) is 32.0 Å². The summed E-state index contributed by atoms with van der Waals surface area (Å²) in [5.74, 6) is 0.831. The van der Waals surface area contributed by atoms with Gasteiger partial charge >= 0.3 is 0 Å². The molecule has 1 amide bonds. The fraction of sp³-hybridized carbons (Fsp3) is 0.333. The predicted molar refractivity (Wildman–Crippen MR) is 111 cm³/mol. The summed E-state index contributed by atoms with van der Waals surface area (Å²) in [5.41, 5.74) is 3.59. The monoisotopic (exact) mass is 370 g/mol. The van der Waals surface area contributed by atoms with Gasteiger partial charge in [0.05, 0.1) is 12.2 Å². The Morgan fingerprint density at radius 3 is 2.42 bits per heavy atom. The van der Waals surface area contributed by atoms with Crippen LogP contribution in [0.2, 0.25) is 0 Å². The number of benzene rings is 2. The average Bonchev–Trinajstić information content (AvgIpc) is 2.53. The summed E-state index contributed by atoms with van der Waals surface area (Å²) in [6.07, 6.45) is 0.933. The Kier molecular flexibility index (Phi) is 7.16. The van der Waals surface area contributed by atoms with E-state index in [2.05, 4.69) is 30.5 Å². The second kappa shape index (κ2) is 9.34. The number of nitrogens with one attached hydrogen (secondary N) is 2. The van der Waals surface area contributed by atoms with E-state index in [-0.39, 0.29) is 11.0 Å². The van der Waals surface area contributed by atoms with Crippen molar-refractivity contribution >= 4 is 28.9 Å². The highest BCUT2D eigenvalue weighted by atomic mass is 32.1. The molecular weight excluding hydrogens is 344 g/mol. The van der Waals surface area contributed by atoms with E-state index >= 15 is 0 Å². The van der Waals surface area contributed by atoms with Crippen molar-refractivity contribution in [3.63, 3.8) is 0 Å². The van der Waals surface area contributed by atoms with Crippen LogP contribution in [0.3, 0.4) is 0 Å². The molecule has 2 N–H and O–H groups in total.